The molecule has 2 atom stereocenters. The molecule has 1 N–H and O–H groups in total. The van der Waals surface area contributed by atoms with Crippen molar-refractivity contribution in [2.75, 3.05) is 4.90 Å². The highest BCUT2D eigenvalue weighted by Gasteiger charge is 2.42. The molecule has 3 aromatic carbocycles. The van der Waals surface area contributed by atoms with E-state index in [1.807, 2.05) is 42.5 Å². The topological polar surface area (TPSA) is 88.1 Å². The van der Waals surface area contributed by atoms with Crippen molar-refractivity contribution < 1.29 is 9.90 Å². The molecule has 0 spiro atoms. The maximum atomic E-state index is 11.3. The maximum absolute atomic E-state index is 11.3. The molecule has 5 nitrogen and oxygen atoms in total. The summed E-state index contributed by atoms with van der Waals surface area (Å²) in [6, 6.07) is 26.3. The lowest BCUT2D eigenvalue weighted by Crippen LogP contribution is -2.26. The van der Waals surface area contributed by atoms with Gasteiger partial charge in [-0.15, -0.1) is 0 Å². The molecule has 2 aliphatic rings. The van der Waals surface area contributed by atoms with E-state index in [9.17, 15) is 9.90 Å². The fourth-order valence-electron chi connectivity index (χ4n) is 5.22. The van der Waals surface area contributed by atoms with Crippen LogP contribution in [-0.4, -0.2) is 17.1 Å². The first-order chi connectivity index (χ1) is 17.1. The SMILES string of the molecule is N#C/C(=C\c1ccc2c(c1)C1CCCC1N2c1ccc(/C=C/c2ccc(C#N)cc2)cc1)C(=O)O. The Hall–Kier alpha value is -4.61. The third-order valence-electron chi connectivity index (χ3n) is 6.86. The number of fused-ring (bicyclic) bond motifs is 3. The molecule has 5 rings (SSSR count). The Balaban J connectivity index is 1.41. The minimum Gasteiger partial charge on any atom is -0.477 e. The Bertz CT molecular complexity index is 1420. The molecular weight excluding hydrogens is 434 g/mol. The van der Waals surface area contributed by atoms with E-state index in [-0.39, 0.29) is 5.57 Å². The van der Waals surface area contributed by atoms with E-state index in [2.05, 4.69) is 47.4 Å². The first-order valence-corrected chi connectivity index (χ1v) is 11.6. The van der Waals surface area contributed by atoms with Gasteiger partial charge in [-0.3, -0.25) is 0 Å². The van der Waals surface area contributed by atoms with Gasteiger partial charge < -0.3 is 10.0 Å². The van der Waals surface area contributed by atoms with Gasteiger partial charge in [-0.2, -0.15) is 10.5 Å². The largest absolute Gasteiger partial charge is 0.477 e. The van der Waals surface area contributed by atoms with Crippen LogP contribution in [0.1, 0.15) is 53.0 Å². The molecule has 0 saturated heterocycles. The highest BCUT2D eigenvalue weighted by molar-refractivity contribution is 5.96. The molecular formula is C30H23N3O2. The van der Waals surface area contributed by atoms with E-state index >= 15 is 0 Å². The highest BCUT2D eigenvalue weighted by Crippen LogP contribution is 2.52. The number of hydrogen-bond acceptors (Lipinski definition) is 4. The minimum atomic E-state index is -1.21. The molecule has 0 bridgehead atoms. The predicted octanol–water partition coefficient (Wildman–Crippen LogP) is 6.51. The van der Waals surface area contributed by atoms with E-state index in [4.69, 9.17) is 10.5 Å². The van der Waals surface area contributed by atoms with Crippen LogP contribution in [0.15, 0.2) is 72.3 Å². The molecule has 1 saturated carbocycles. The van der Waals surface area contributed by atoms with Gasteiger partial charge in [0.2, 0.25) is 0 Å². The fraction of sp³-hybridized carbons (Fsp3) is 0.167. The van der Waals surface area contributed by atoms with Crippen LogP contribution in [0.2, 0.25) is 0 Å². The second-order valence-corrected chi connectivity index (χ2v) is 8.93. The van der Waals surface area contributed by atoms with Gasteiger partial charge >= 0.3 is 5.97 Å². The molecule has 0 amide bonds. The molecule has 1 fully saturated rings. The van der Waals surface area contributed by atoms with Crippen LogP contribution in [-0.2, 0) is 4.79 Å². The van der Waals surface area contributed by atoms with Crippen LogP contribution in [0.25, 0.3) is 18.2 Å². The van der Waals surface area contributed by atoms with Crippen molar-refractivity contribution in [2.24, 2.45) is 0 Å². The van der Waals surface area contributed by atoms with Gasteiger partial charge in [0.1, 0.15) is 11.6 Å². The van der Waals surface area contributed by atoms with Gasteiger partial charge in [0, 0.05) is 23.3 Å². The van der Waals surface area contributed by atoms with Gasteiger partial charge in [0.25, 0.3) is 0 Å². The second-order valence-electron chi connectivity index (χ2n) is 8.93. The Labute approximate surface area is 204 Å². The normalized spacial score (nSPS) is 18.7. The zero-order chi connectivity index (χ0) is 24.4. The van der Waals surface area contributed by atoms with E-state index in [1.165, 1.54) is 11.6 Å². The van der Waals surface area contributed by atoms with Crippen molar-refractivity contribution in [1.82, 2.24) is 0 Å². The van der Waals surface area contributed by atoms with Crippen LogP contribution in [0, 0.1) is 22.7 Å². The van der Waals surface area contributed by atoms with Crippen LogP contribution in [0.3, 0.4) is 0 Å². The summed E-state index contributed by atoms with van der Waals surface area (Å²) < 4.78 is 0. The number of rotatable bonds is 5. The molecule has 170 valence electrons. The monoisotopic (exact) mass is 457 g/mol. The molecule has 35 heavy (non-hydrogen) atoms. The summed E-state index contributed by atoms with van der Waals surface area (Å²) in [5.41, 5.74) is 6.81. The molecule has 1 heterocycles. The average Bonchev–Trinajstić information content (AvgIpc) is 3.47. The molecule has 0 aromatic heterocycles. The van der Waals surface area contributed by atoms with Gasteiger partial charge in [0.05, 0.1) is 11.6 Å². The summed E-state index contributed by atoms with van der Waals surface area (Å²) in [4.78, 5) is 13.7. The minimum absolute atomic E-state index is 0.257. The number of nitrogens with zero attached hydrogens (tertiary/aromatic N) is 3. The Morgan fingerprint density at radius 1 is 0.914 bits per heavy atom. The first-order valence-electron chi connectivity index (χ1n) is 11.6. The number of aliphatic carboxylic acids is 1. The molecule has 1 aliphatic carbocycles. The summed E-state index contributed by atoms with van der Waals surface area (Å²) in [6.07, 6.45) is 8.94. The molecule has 0 radical (unpaired) electrons. The molecule has 1 aliphatic heterocycles. The lowest BCUT2D eigenvalue weighted by molar-refractivity contribution is -0.132. The van der Waals surface area contributed by atoms with Gasteiger partial charge in [0.15, 0.2) is 0 Å². The van der Waals surface area contributed by atoms with Crippen molar-refractivity contribution in [3.8, 4) is 12.1 Å². The molecule has 5 heteroatoms. The summed E-state index contributed by atoms with van der Waals surface area (Å²) >= 11 is 0. The Morgan fingerprint density at radius 2 is 1.57 bits per heavy atom. The van der Waals surface area contributed by atoms with Crippen molar-refractivity contribution in [3.05, 3.63) is 100 Å². The average molecular weight is 458 g/mol. The number of nitriles is 2. The van der Waals surface area contributed by atoms with E-state index in [0.29, 0.717) is 17.5 Å². The summed E-state index contributed by atoms with van der Waals surface area (Å²) in [7, 11) is 0. The standard InChI is InChI=1S/C30H23N3O2/c31-18-22-8-6-20(7-9-22)4-5-21-10-13-25(14-11-21)33-28-3-1-2-26(28)27-17-23(12-15-29(27)33)16-24(19-32)30(34)35/h4-17,26,28H,1-3H2,(H,34,35)/b5-4+,24-16+. The van der Waals surface area contributed by atoms with Crippen LogP contribution >= 0.6 is 0 Å². The number of carboxylic acid groups (broad SMARTS) is 1. The van der Waals surface area contributed by atoms with Gasteiger partial charge in [-0.1, -0.05) is 48.9 Å². The zero-order valence-electron chi connectivity index (χ0n) is 19.1. The zero-order valence-corrected chi connectivity index (χ0v) is 19.1. The fourth-order valence-corrected chi connectivity index (χ4v) is 5.22. The smallest absolute Gasteiger partial charge is 0.346 e. The van der Waals surface area contributed by atoms with Crippen molar-refractivity contribution in [2.45, 2.75) is 31.2 Å². The van der Waals surface area contributed by atoms with Crippen LogP contribution in [0.4, 0.5) is 11.4 Å². The van der Waals surface area contributed by atoms with Crippen LogP contribution < -0.4 is 4.90 Å². The second kappa shape index (κ2) is 9.33. The molecule has 3 aromatic rings. The maximum Gasteiger partial charge on any atom is 0.346 e. The Morgan fingerprint density at radius 3 is 2.20 bits per heavy atom. The lowest BCUT2D eigenvalue weighted by Gasteiger charge is -2.27. The Kier molecular flexibility index (Phi) is 5.92. The van der Waals surface area contributed by atoms with Gasteiger partial charge in [-0.05, 0) is 77.6 Å². The summed E-state index contributed by atoms with van der Waals surface area (Å²) in [6.45, 7) is 0. The molecule has 2 unspecified atom stereocenters. The number of hydrogen-bond donors (Lipinski definition) is 1. The third-order valence-corrected chi connectivity index (χ3v) is 6.86. The third kappa shape index (κ3) is 4.33. The van der Waals surface area contributed by atoms with E-state index in [1.54, 1.807) is 6.07 Å². The van der Waals surface area contributed by atoms with Crippen molar-refractivity contribution in [1.29, 1.82) is 10.5 Å². The van der Waals surface area contributed by atoms with Crippen LogP contribution in [0.5, 0.6) is 0 Å². The van der Waals surface area contributed by atoms with Crippen molar-refractivity contribution >= 4 is 35.6 Å². The first kappa shape index (κ1) is 22.2. The number of benzene rings is 3. The predicted molar refractivity (Wildman–Crippen MR) is 137 cm³/mol. The highest BCUT2D eigenvalue weighted by atomic mass is 16.4. The van der Waals surface area contributed by atoms with E-state index in [0.717, 1.165) is 47.3 Å². The lowest BCUT2D eigenvalue weighted by atomic mass is 9.95. The summed E-state index contributed by atoms with van der Waals surface area (Å²) in [5.74, 6) is -0.800. The van der Waals surface area contributed by atoms with Crippen molar-refractivity contribution in [3.63, 3.8) is 0 Å². The number of carboxylic acids is 1. The quantitative estimate of drug-likeness (QED) is 0.268. The number of anilines is 2. The van der Waals surface area contributed by atoms with Gasteiger partial charge in [-0.25, -0.2) is 4.79 Å². The number of carbonyl (C=O) groups is 1. The van der Waals surface area contributed by atoms with E-state index < -0.39 is 5.97 Å². The summed E-state index contributed by atoms with van der Waals surface area (Å²) in [5, 5.41) is 27.3.